The van der Waals surface area contributed by atoms with E-state index in [4.69, 9.17) is 5.11 Å². The van der Waals surface area contributed by atoms with E-state index in [-0.39, 0.29) is 5.56 Å². The van der Waals surface area contributed by atoms with E-state index in [2.05, 4.69) is 20.3 Å². The summed E-state index contributed by atoms with van der Waals surface area (Å²) in [5.74, 6) is -0.296. The lowest BCUT2D eigenvalue weighted by atomic mass is 10.2. The predicted molar refractivity (Wildman–Crippen MR) is 70.4 cm³/mol. The number of benzene rings is 1. The fraction of sp³-hybridized carbons (Fsp3) is 0.154. The second-order valence-electron chi connectivity index (χ2n) is 4.35. The van der Waals surface area contributed by atoms with Gasteiger partial charge < -0.3 is 5.11 Å². The zero-order chi connectivity index (χ0) is 14.1. The summed E-state index contributed by atoms with van der Waals surface area (Å²) in [5, 5.41) is 17.1. The molecule has 1 aromatic carbocycles. The van der Waals surface area contributed by atoms with Gasteiger partial charge in [0.15, 0.2) is 0 Å². The van der Waals surface area contributed by atoms with Crippen LogP contribution in [0.1, 0.15) is 21.9 Å². The Kier molecular flexibility index (Phi) is 2.86. The lowest BCUT2D eigenvalue weighted by Gasteiger charge is -2.03. The Morgan fingerprint density at radius 3 is 2.95 bits per heavy atom. The molecule has 7 nitrogen and oxygen atoms in total. The largest absolute Gasteiger partial charge is 0.478 e. The third kappa shape index (κ3) is 2.20. The van der Waals surface area contributed by atoms with Gasteiger partial charge in [-0.2, -0.15) is 0 Å². The molecule has 2 aromatic heterocycles. The lowest BCUT2D eigenvalue weighted by Crippen LogP contribution is -2.05. The molecule has 0 spiro atoms. The molecule has 0 amide bonds. The molecular weight excluding hydrogens is 258 g/mol. The average molecular weight is 269 g/mol. The van der Waals surface area contributed by atoms with Gasteiger partial charge in [0, 0.05) is 6.20 Å². The molecule has 0 saturated heterocycles. The Bertz CT molecular complexity index is 796. The van der Waals surface area contributed by atoms with Crippen molar-refractivity contribution in [2.75, 3.05) is 0 Å². The first-order valence-corrected chi connectivity index (χ1v) is 5.98. The highest BCUT2D eigenvalue weighted by Gasteiger charge is 2.10. The summed E-state index contributed by atoms with van der Waals surface area (Å²) in [6, 6.07) is 6.51. The summed E-state index contributed by atoms with van der Waals surface area (Å²) in [6.45, 7) is 2.23. The van der Waals surface area contributed by atoms with Crippen LogP contribution < -0.4 is 0 Å². The zero-order valence-corrected chi connectivity index (χ0v) is 10.7. The van der Waals surface area contributed by atoms with Crippen LogP contribution >= 0.6 is 0 Å². The minimum Gasteiger partial charge on any atom is -0.478 e. The molecule has 0 aliphatic rings. The van der Waals surface area contributed by atoms with Crippen molar-refractivity contribution in [3.05, 3.63) is 47.5 Å². The van der Waals surface area contributed by atoms with Crippen molar-refractivity contribution in [1.29, 1.82) is 0 Å². The van der Waals surface area contributed by atoms with E-state index < -0.39 is 5.97 Å². The average Bonchev–Trinajstić information content (AvgIpc) is 2.81. The van der Waals surface area contributed by atoms with E-state index in [0.29, 0.717) is 23.4 Å². The van der Waals surface area contributed by atoms with Gasteiger partial charge in [0.1, 0.15) is 11.3 Å². The van der Waals surface area contributed by atoms with E-state index in [9.17, 15) is 4.79 Å². The third-order valence-electron chi connectivity index (χ3n) is 2.91. The van der Waals surface area contributed by atoms with Crippen LogP contribution in [0.15, 0.2) is 30.5 Å². The molecular formula is C13H11N5O2. The summed E-state index contributed by atoms with van der Waals surface area (Å²) < 4.78 is 1.63. The Labute approximate surface area is 113 Å². The SMILES string of the molecule is Cc1nccc(Cn2nnc3ccc(C(=O)O)cc32)n1. The molecule has 0 fully saturated rings. The third-order valence-corrected chi connectivity index (χ3v) is 2.91. The van der Waals surface area contributed by atoms with Crippen molar-refractivity contribution in [1.82, 2.24) is 25.0 Å². The highest BCUT2D eigenvalue weighted by molar-refractivity contribution is 5.92. The summed E-state index contributed by atoms with van der Waals surface area (Å²) in [6.07, 6.45) is 1.68. The molecule has 20 heavy (non-hydrogen) atoms. The molecule has 7 heteroatoms. The number of aromatic nitrogens is 5. The van der Waals surface area contributed by atoms with E-state index in [1.807, 2.05) is 6.92 Å². The molecule has 0 atom stereocenters. The van der Waals surface area contributed by atoms with Gasteiger partial charge in [0.05, 0.1) is 23.3 Å². The van der Waals surface area contributed by atoms with Gasteiger partial charge in [0.2, 0.25) is 0 Å². The normalized spacial score (nSPS) is 10.8. The topological polar surface area (TPSA) is 93.8 Å². The van der Waals surface area contributed by atoms with Crippen LogP contribution in [-0.2, 0) is 6.54 Å². The molecule has 0 saturated carbocycles. The smallest absolute Gasteiger partial charge is 0.335 e. The number of aryl methyl sites for hydroxylation is 1. The van der Waals surface area contributed by atoms with Crippen LogP contribution in [0, 0.1) is 6.92 Å². The molecule has 100 valence electrons. The summed E-state index contributed by atoms with van der Waals surface area (Å²) >= 11 is 0. The fourth-order valence-corrected chi connectivity index (χ4v) is 1.96. The first-order chi connectivity index (χ1) is 9.63. The van der Waals surface area contributed by atoms with Gasteiger partial charge in [-0.1, -0.05) is 5.21 Å². The number of hydrogen-bond donors (Lipinski definition) is 1. The minimum atomic E-state index is -0.975. The molecule has 0 radical (unpaired) electrons. The first-order valence-electron chi connectivity index (χ1n) is 5.98. The van der Waals surface area contributed by atoms with Crippen LogP contribution in [0.3, 0.4) is 0 Å². The summed E-state index contributed by atoms with van der Waals surface area (Å²) in [4.78, 5) is 19.3. The Morgan fingerprint density at radius 2 is 2.20 bits per heavy atom. The van der Waals surface area contributed by atoms with E-state index >= 15 is 0 Å². The van der Waals surface area contributed by atoms with Crippen LogP contribution in [0.5, 0.6) is 0 Å². The number of nitrogens with zero attached hydrogens (tertiary/aromatic N) is 5. The fourth-order valence-electron chi connectivity index (χ4n) is 1.96. The number of aromatic carboxylic acids is 1. The standard InChI is InChI=1S/C13H11N5O2/c1-8-14-5-4-10(15-8)7-18-12-6-9(13(19)20)2-3-11(12)16-17-18/h2-6H,7H2,1H3,(H,19,20). The quantitative estimate of drug-likeness (QED) is 0.769. The van der Waals surface area contributed by atoms with Gasteiger partial charge in [0.25, 0.3) is 0 Å². The number of carboxylic acids is 1. The van der Waals surface area contributed by atoms with E-state index in [1.54, 1.807) is 29.1 Å². The molecule has 3 aromatic rings. The minimum absolute atomic E-state index is 0.208. The number of carboxylic acid groups (broad SMARTS) is 1. The van der Waals surface area contributed by atoms with Gasteiger partial charge in [-0.15, -0.1) is 5.10 Å². The maximum Gasteiger partial charge on any atom is 0.335 e. The van der Waals surface area contributed by atoms with Crippen LogP contribution in [0.4, 0.5) is 0 Å². The van der Waals surface area contributed by atoms with E-state index in [0.717, 1.165) is 5.69 Å². The molecule has 0 aliphatic carbocycles. The number of carbonyl (C=O) groups is 1. The molecule has 0 unspecified atom stereocenters. The van der Waals surface area contributed by atoms with Gasteiger partial charge in [-0.25, -0.2) is 19.4 Å². The molecule has 0 bridgehead atoms. The van der Waals surface area contributed by atoms with Crippen LogP contribution in [0.2, 0.25) is 0 Å². The van der Waals surface area contributed by atoms with Crippen molar-refractivity contribution >= 4 is 17.0 Å². The maximum absolute atomic E-state index is 11.0. The first kappa shape index (κ1) is 12.2. The highest BCUT2D eigenvalue weighted by Crippen LogP contribution is 2.14. The summed E-state index contributed by atoms with van der Waals surface area (Å²) in [7, 11) is 0. The van der Waals surface area contributed by atoms with Crippen LogP contribution in [0.25, 0.3) is 11.0 Å². The van der Waals surface area contributed by atoms with Gasteiger partial charge >= 0.3 is 5.97 Å². The van der Waals surface area contributed by atoms with Crippen molar-refractivity contribution in [2.45, 2.75) is 13.5 Å². The summed E-state index contributed by atoms with van der Waals surface area (Å²) in [5.41, 5.74) is 2.33. The molecule has 1 N–H and O–H groups in total. The second kappa shape index (κ2) is 4.69. The lowest BCUT2D eigenvalue weighted by molar-refractivity contribution is 0.0697. The zero-order valence-electron chi connectivity index (χ0n) is 10.7. The Balaban J connectivity index is 2.03. The molecule has 0 aliphatic heterocycles. The number of hydrogen-bond acceptors (Lipinski definition) is 5. The predicted octanol–water partition coefficient (Wildman–Crippen LogP) is 1.28. The highest BCUT2D eigenvalue weighted by atomic mass is 16.4. The van der Waals surface area contributed by atoms with Crippen LogP contribution in [-0.4, -0.2) is 36.0 Å². The number of fused-ring (bicyclic) bond motifs is 1. The Morgan fingerprint density at radius 1 is 1.35 bits per heavy atom. The monoisotopic (exact) mass is 269 g/mol. The second-order valence-corrected chi connectivity index (χ2v) is 4.35. The molecule has 3 rings (SSSR count). The van der Waals surface area contributed by atoms with Crippen molar-refractivity contribution < 1.29 is 9.90 Å². The van der Waals surface area contributed by atoms with Crippen molar-refractivity contribution in [3.8, 4) is 0 Å². The van der Waals surface area contributed by atoms with Gasteiger partial charge in [-0.05, 0) is 31.2 Å². The van der Waals surface area contributed by atoms with E-state index in [1.165, 1.54) is 6.07 Å². The maximum atomic E-state index is 11.0. The molecule has 2 heterocycles. The van der Waals surface area contributed by atoms with Crippen molar-refractivity contribution in [3.63, 3.8) is 0 Å². The van der Waals surface area contributed by atoms with Gasteiger partial charge in [-0.3, -0.25) is 0 Å². The van der Waals surface area contributed by atoms with Crippen molar-refractivity contribution in [2.24, 2.45) is 0 Å². The number of rotatable bonds is 3. The Hall–Kier alpha value is -2.83.